The highest BCUT2D eigenvalue weighted by atomic mass is 19.1. The van der Waals surface area contributed by atoms with E-state index in [0.29, 0.717) is 6.54 Å². The molecule has 134 valence electrons. The summed E-state index contributed by atoms with van der Waals surface area (Å²) in [5, 5.41) is 3.20. The number of nitrogens with zero attached hydrogens (tertiary/aromatic N) is 1. The van der Waals surface area contributed by atoms with E-state index in [1.165, 1.54) is 17.0 Å². The maximum atomic E-state index is 13.5. The third-order valence-electron chi connectivity index (χ3n) is 4.35. The van der Waals surface area contributed by atoms with Gasteiger partial charge in [-0.15, -0.1) is 0 Å². The smallest absolute Gasteiger partial charge is 0.240 e. The second-order valence-electron chi connectivity index (χ2n) is 6.25. The SMILES string of the molecule is CCOCC[NH+](C)CCNCC(=O)N1CCCc2ccc(F)cc21. The zero-order valence-electron chi connectivity index (χ0n) is 14.7. The van der Waals surface area contributed by atoms with Crippen LogP contribution in [0, 0.1) is 5.82 Å². The van der Waals surface area contributed by atoms with Gasteiger partial charge in [0.15, 0.2) is 0 Å². The molecule has 24 heavy (non-hydrogen) atoms. The van der Waals surface area contributed by atoms with Crippen molar-refractivity contribution in [2.45, 2.75) is 19.8 Å². The van der Waals surface area contributed by atoms with Crippen molar-refractivity contribution in [3.63, 3.8) is 0 Å². The summed E-state index contributed by atoms with van der Waals surface area (Å²) in [6.07, 6.45) is 1.83. The van der Waals surface area contributed by atoms with E-state index in [9.17, 15) is 9.18 Å². The minimum absolute atomic E-state index is 0.00789. The van der Waals surface area contributed by atoms with Crippen molar-refractivity contribution < 1.29 is 18.8 Å². The maximum absolute atomic E-state index is 13.5. The summed E-state index contributed by atoms with van der Waals surface area (Å²) in [6.45, 7) is 7.12. The van der Waals surface area contributed by atoms with Gasteiger partial charge in [0.1, 0.15) is 12.4 Å². The standard InChI is InChI=1S/C18H28FN3O2/c1-3-24-12-11-21(2)10-8-20-14-18(23)22-9-4-5-15-6-7-16(19)13-17(15)22/h6-7,13,20H,3-5,8-12,14H2,1-2H3/p+1. The number of carbonyl (C=O) groups excluding carboxylic acids is 1. The second-order valence-corrected chi connectivity index (χ2v) is 6.25. The lowest BCUT2D eigenvalue weighted by Crippen LogP contribution is -3.10. The topological polar surface area (TPSA) is 46.0 Å². The highest BCUT2D eigenvalue weighted by Gasteiger charge is 2.22. The first-order valence-corrected chi connectivity index (χ1v) is 8.80. The molecule has 0 aromatic heterocycles. The molecule has 2 N–H and O–H groups in total. The van der Waals surface area contributed by atoms with Crippen molar-refractivity contribution in [2.24, 2.45) is 0 Å². The fourth-order valence-electron chi connectivity index (χ4n) is 2.92. The molecule has 1 aliphatic rings. The number of ether oxygens (including phenoxy) is 1. The highest BCUT2D eigenvalue weighted by molar-refractivity contribution is 5.95. The van der Waals surface area contributed by atoms with Gasteiger partial charge in [-0.25, -0.2) is 4.39 Å². The molecular formula is C18H29FN3O2+. The van der Waals surface area contributed by atoms with E-state index in [4.69, 9.17) is 4.74 Å². The number of nitrogens with one attached hydrogen (secondary N) is 2. The lowest BCUT2D eigenvalue weighted by molar-refractivity contribution is -0.878. The molecule has 2 rings (SSSR count). The van der Waals surface area contributed by atoms with Gasteiger partial charge in [0.25, 0.3) is 0 Å². The van der Waals surface area contributed by atoms with E-state index >= 15 is 0 Å². The molecule has 0 saturated carbocycles. The van der Waals surface area contributed by atoms with Gasteiger partial charge < -0.3 is 19.9 Å². The number of hydrogen-bond acceptors (Lipinski definition) is 3. The quantitative estimate of drug-likeness (QED) is 0.635. The summed E-state index contributed by atoms with van der Waals surface area (Å²) in [4.78, 5) is 15.5. The molecule has 5 nitrogen and oxygen atoms in total. The zero-order valence-corrected chi connectivity index (χ0v) is 14.7. The molecule has 6 heteroatoms. The van der Waals surface area contributed by atoms with Crippen LogP contribution in [0.1, 0.15) is 18.9 Å². The fourth-order valence-corrected chi connectivity index (χ4v) is 2.92. The average Bonchev–Trinajstić information content (AvgIpc) is 2.58. The first-order chi connectivity index (χ1) is 11.6. The largest absolute Gasteiger partial charge is 0.376 e. The molecule has 1 heterocycles. The Hall–Kier alpha value is -1.50. The Morgan fingerprint density at radius 1 is 1.42 bits per heavy atom. The van der Waals surface area contributed by atoms with Crippen LogP contribution in [0.2, 0.25) is 0 Å². The van der Waals surface area contributed by atoms with Gasteiger partial charge in [0.2, 0.25) is 5.91 Å². The fraction of sp³-hybridized carbons (Fsp3) is 0.611. The van der Waals surface area contributed by atoms with Crippen LogP contribution in [0.25, 0.3) is 0 Å². The van der Waals surface area contributed by atoms with Gasteiger partial charge >= 0.3 is 0 Å². The Labute approximate surface area is 143 Å². The Balaban J connectivity index is 1.75. The average molecular weight is 338 g/mol. The van der Waals surface area contributed by atoms with Crippen molar-refractivity contribution in [3.05, 3.63) is 29.6 Å². The van der Waals surface area contributed by atoms with Gasteiger partial charge in [-0.05, 0) is 37.5 Å². The summed E-state index contributed by atoms with van der Waals surface area (Å²) in [6, 6.07) is 4.72. The first kappa shape index (κ1) is 18.8. The van der Waals surface area contributed by atoms with Crippen molar-refractivity contribution in [1.29, 1.82) is 0 Å². The summed E-state index contributed by atoms with van der Waals surface area (Å²) < 4.78 is 18.8. The van der Waals surface area contributed by atoms with Crippen LogP contribution >= 0.6 is 0 Å². The highest BCUT2D eigenvalue weighted by Crippen LogP contribution is 2.27. The summed E-state index contributed by atoms with van der Waals surface area (Å²) in [5.41, 5.74) is 1.78. The van der Waals surface area contributed by atoms with Gasteiger partial charge in [-0.3, -0.25) is 4.79 Å². The zero-order chi connectivity index (χ0) is 17.4. The Kier molecular flexibility index (Phi) is 7.62. The van der Waals surface area contributed by atoms with Crippen molar-refractivity contribution in [2.75, 3.05) is 57.9 Å². The lowest BCUT2D eigenvalue weighted by Gasteiger charge is -2.29. The predicted molar refractivity (Wildman–Crippen MR) is 93.1 cm³/mol. The Bertz CT molecular complexity index is 539. The molecular weight excluding hydrogens is 309 g/mol. The van der Waals surface area contributed by atoms with Gasteiger partial charge in [-0.1, -0.05) is 6.07 Å². The normalized spacial score (nSPS) is 15.2. The Morgan fingerprint density at radius 2 is 2.25 bits per heavy atom. The molecule has 1 amide bonds. The number of rotatable bonds is 9. The van der Waals surface area contributed by atoms with E-state index in [2.05, 4.69) is 12.4 Å². The molecule has 0 aliphatic carbocycles. The molecule has 0 radical (unpaired) electrons. The molecule has 1 unspecified atom stereocenters. The van der Waals surface area contributed by atoms with Crippen LogP contribution < -0.4 is 15.1 Å². The molecule has 1 aromatic carbocycles. The first-order valence-electron chi connectivity index (χ1n) is 8.80. The van der Waals surface area contributed by atoms with Crippen molar-refractivity contribution in [1.82, 2.24) is 5.32 Å². The summed E-state index contributed by atoms with van der Waals surface area (Å²) in [7, 11) is 2.12. The number of benzene rings is 1. The number of halogens is 1. The third kappa shape index (κ3) is 5.54. The molecule has 1 aromatic rings. The van der Waals surface area contributed by atoms with Gasteiger partial charge in [0, 0.05) is 25.4 Å². The van der Waals surface area contributed by atoms with E-state index in [1.54, 1.807) is 11.0 Å². The molecule has 0 bridgehead atoms. The lowest BCUT2D eigenvalue weighted by atomic mass is 10.0. The number of fused-ring (bicyclic) bond motifs is 1. The molecule has 1 atom stereocenters. The van der Waals surface area contributed by atoms with E-state index in [1.807, 2.05) is 6.92 Å². The van der Waals surface area contributed by atoms with Crippen LogP contribution in [0.4, 0.5) is 10.1 Å². The predicted octanol–water partition coefficient (Wildman–Crippen LogP) is 0.246. The molecule has 1 aliphatic heterocycles. The summed E-state index contributed by atoms with van der Waals surface area (Å²) >= 11 is 0. The molecule has 0 fully saturated rings. The van der Waals surface area contributed by atoms with Crippen LogP contribution in [-0.2, 0) is 16.0 Å². The number of hydrogen-bond donors (Lipinski definition) is 2. The van der Waals surface area contributed by atoms with Crippen LogP contribution in [0.3, 0.4) is 0 Å². The van der Waals surface area contributed by atoms with Gasteiger partial charge in [0.05, 0.1) is 26.7 Å². The van der Waals surface area contributed by atoms with E-state index < -0.39 is 0 Å². The number of anilines is 1. The van der Waals surface area contributed by atoms with Crippen molar-refractivity contribution in [3.8, 4) is 0 Å². The number of carbonyl (C=O) groups is 1. The number of likely N-dealkylation sites (N-methyl/N-ethyl adjacent to an activating group) is 1. The van der Waals surface area contributed by atoms with E-state index in [0.717, 1.165) is 56.9 Å². The maximum Gasteiger partial charge on any atom is 0.240 e. The van der Waals surface area contributed by atoms with Crippen LogP contribution in [-0.4, -0.2) is 58.9 Å². The third-order valence-corrected chi connectivity index (χ3v) is 4.35. The molecule has 0 spiro atoms. The minimum Gasteiger partial charge on any atom is -0.376 e. The number of quaternary nitrogens is 1. The van der Waals surface area contributed by atoms with E-state index in [-0.39, 0.29) is 18.3 Å². The van der Waals surface area contributed by atoms with Crippen molar-refractivity contribution >= 4 is 11.6 Å². The monoisotopic (exact) mass is 338 g/mol. The number of aryl methyl sites for hydroxylation is 1. The van der Waals surface area contributed by atoms with Crippen LogP contribution in [0.15, 0.2) is 18.2 Å². The number of amides is 1. The Morgan fingerprint density at radius 3 is 3.04 bits per heavy atom. The minimum atomic E-state index is -0.291. The second kappa shape index (κ2) is 9.71. The van der Waals surface area contributed by atoms with Crippen LogP contribution in [0.5, 0.6) is 0 Å². The van der Waals surface area contributed by atoms with Gasteiger partial charge in [-0.2, -0.15) is 0 Å². The summed E-state index contributed by atoms with van der Waals surface area (Å²) in [5.74, 6) is -0.283. The molecule has 0 saturated heterocycles.